The van der Waals surface area contributed by atoms with E-state index >= 15 is 0 Å². The van der Waals surface area contributed by atoms with Crippen molar-refractivity contribution in [3.63, 3.8) is 0 Å². The fraction of sp³-hybridized carbons (Fsp3) is 0.538. The molecule has 2 rings (SSSR count). The smallest absolute Gasteiger partial charge is 0.271 e. The van der Waals surface area contributed by atoms with E-state index in [0.29, 0.717) is 19.0 Å². The number of nitro groups is 1. The summed E-state index contributed by atoms with van der Waals surface area (Å²) in [7, 11) is -3.66. The molecule has 0 bridgehead atoms. The summed E-state index contributed by atoms with van der Waals surface area (Å²) in [6, 6.07) is 3.74. The van der Waals surface area contributed by atoms with Crippen LogP contribution in [0.15, 0.2) is 23.1 Å². The van der Waals surface area contributed by atoms with Crippen LogP contribution in [0.4, 0.5) is 11.4 Å². The van der Waals surface area contributed by atoms with Crippen LogP contribution < -0.4 is 10.0 Å². The Balaban J connectivity index is 2.25. The molecule has 7 nitrogen and oxygen atoms in total. The van der Waals surface area contributed by atoms with Crippen molar-refractivity contribution in [2.24, 2.45) is 5.92 Å². The zero-order valence-corrected chi connectivity index (χ0v) is 12.6. The van der Waals surface area contributed by atoms with Gasteiger partial charge in [-0.15, -0.1) is 0 Å². The number of hydrogen-bond acceptors (Lipinski definition) is 5. The molecule has 0 aromatic heterocycles. The van der Waals surface area contributed by atoms with Gasteiger partial charge in [-0.25, -0.2) is 13.1 Å². The Labute approximate surface area is 123 Å². The number of anilines is 1. The van der Waals surface area contributed by atoms with E-state index in [1.165, 1.54) is 18.2 Å². The van der Waals surface area contributed by atoms with Gasteiger partial charge in [-0.2, -0.15) is 0 Å². The van der Waals surface area contributed by atoms with Gasteiger partial charge in [0, 0.05) is 25.2 Å². The molecule has 0 heterocycles. The van der Waals surface area contributed by atoms with Gasteiger partial charge in [0.2, 0.25) is 10.0 Å². The highest BCUT2D eigenvalue weighted by Crippen LogP contribution is 2.28. The molecule has 0 atom stereocenters. The van der Waals surface area contributed by atoms with Gasteiger partial charge in [0.15, 0.2) is 0 Å². The zero-order valence-electron chi connectivity index (χ0n) is 11.8. The van der Waals surface area contributed by atoms with Gasteiger partial charge >= 0.3 is 0 Å². The number of rotatable bonds is 7. The van der Waals surface area contributed by atoms with E-state index in [2.05, 4.69) is 10.0 Å². The minimum atomic E-state index is -3.66. The lowest BCUT2D eigenvalue weighted by molar-refractivity contribution is -0.384. The third-order valence-electron chi connectivity index (χ3n) is 3.62. The lowest BCUT2D eigenvalue weighted by Gasteiger charge is -2.25. The van der Waals surface area contributed by atoms with Crippen LogP contribution in [0.5, 0.6) is 0 Å². The third-order valence-corrected chi connectivity index (χ3v) is 5.10. The first kappa shape index (κ1) is 15.7. The van der Waals surface area contributed by atoms with Crippen LogP contribution in [0.2, 0.25) is 0 Å². The third kappa shape index (κ3) is 3.70. The van der Waals surface area contributed by atoms with E-state index < -0.39 is 14.9 Å². The van der Waals surface area contributed by atoms with Crippen LogP contribution in [-0.4, -0.2) is 26.4 Å². The van der Waals surface area contributed by atoms with Gasteiger partial charge in [0.25, 0.3) is 5.69 Å². The largest absolute Gasteiger partial charge is 0.384 e. The number of non-ortho nitro benzene ring substituents is 1. The molecule has 0 saturated heterocycles. The van der Waals surface area contributed by atoms with Crippen molar-refractivity contribution in [3.8, 4) is 0 Å². The van der Waals surface area contributed by atoms with Crippen molar-refractivity contribution in [2.75, 3.05) is 18.4 Å². The van der Waals surface area contributed by atoms with Gasteiger partial charge in [-0.05, 0) is 31.7 Å². The molecule has 1 aromatic rings. The van der Waals surface area contributed by atoms with E-state index in [1.807, 2.05) is 0 Å². The van der Waals surface area contributed by atoms with Crippen LogP contribution >= 0.6 is 0 Å². The molecule has 0 spiro atoms. The second kappa shape index (κ2) is 6.40. The Bertz CT molecular complexity index is 626. The van der Waals surface area contributed by atoms with Crippen molar-refractivity contribution >= 4 is 21.4 Å². The SMILES string of the molecule is CCNc1cc([N+](=O)[O-])ccc1S(=O)(=O)NCC1CCC1. The Morgan fingerprint density at radius 1 is 1.38 bits per heavy atom. The first-order chi connectivity index (χ1) is 9.94. The molecule has 2 N–H and O–H groups in total. The number of nitrogens with zero attached hydrogens (tertiary/aromatic N) is 1. The van der Waals surface area contributed by atoms with Crippen LogP contribution in [0, 0.1) is 16.0 Å². The number of sulfonamides is 1. The molecule has 0 unspecified atom stereocenters. The van der Waals surface area contributed by atoms with Crippen LogP contribution in [0.1, 0.15) is 26.2 Å². The predicted molar refractivity (Wildman–Crippen MR) is 79.8 cm³/mol. The molecule has 0 aliphatic heterocycles. The monoisotopic (exact) mass is 313 g/mol. The van der Waals surface area contributed by atoms with E-state index in [0.717, 1.165) is 19.3 Å². The summed E-state index contributed by atoms with van der Waals surface area (Å²) < 4.78 is 27.3. The van der Waals surface area contributed by atoms with Crippen molar-refractivity contribution in [1.82, 2.24) is 4.72 Å². The average molecular weight is 313 g/mol. The summed E-state index contributed by atoms with van der Waals surface area (Å²) in [5, 5.41) is 13.7. The summed E-state index contributed by atoms with van der Waals surface area (Å²) in [5.74, 6) is 0.403. The highest BCUT2D eigenvalue weighted by Gasteiger charge is 2.24. The molecule has 1 aliphatic carbocycles. The molecule has 0 radical (unpaired) electrons. The lowest BCUT2D eigenvalue weighted by atomic mass is 9.86. The fourth-order valence-corrected chi connectivity index (χ4v) is 3.48. The molecule has 1 fully saturated rings. The van der Waals surface area contributed by atoms with Gasteiger partial charge in [-0.1, -0.05) is 6.42 Å². The summed E-state index contributed by atoms with van der Waals surface area (Å²) in [5.41, 5.74) is 0.122. The molecule has 21 heavy (non-hydrogen) atoms. The molecule has 0 amide bonds. The lowest BCUT2D eigenvalue weighted by Crippen LogP contribution is -2.32. The standard InChI is InChI=1S/C13H19N3O4S/c1-2-14-12-8-11(16(17)18)6-7-13(12)21(19,20)15-9-10-4-3-5-10/h6-8,10,14-15H,2-5,9H2,1H3. The second-order valence-corrected chi connectivity index (χ2v) is 6.85. The Morgan fingerprint density at radius 3 is 2.62 bits per heavy atom. The molecule has 1 aromatic carbocycles. The molecule has 116 valence electrons. The van der Waals surface area contributed by atoms with E-state index in [9.17, 15) is 18.5 Å². The fourth-order valence-electron chi connectivity index (χ4n) is 2.20. The topological polar surface area (TPSA) is 101 Å². The zero-order chi connectivity index (χ0) is 15.5. The summed E-state index contributed by atoms with van der Waals surface area (Å²) in [4.78, 5) is 10.3. The molecular formula is C13H19N3O4S. The summed E-state index contributed by atoms with van der Waals surface area (Å²) in [6.45, 7) is 2.70. The predicted octanol–water partition coefficient (Wildman–Crippen LogP) is 2.10. The van der Waals surface area contributed by atoms with Crippen LogP contribution in [0.25, 0.3) is 0 Å². The molecular weight excluding hydrogens is 294 g/mol. The van der Waals surface area contributed by atoms with Crippen molar-refractivity contribution in [1.29, 1.82) is 0 Å². The van der Waals surface area contributed by atoms with Crippen molar-refractivity contribution < 1.29 is 13.3 Å². The minimum absolute atomic E-state index is 0.0503. The van der Waals surface area contributed by atoms with Gasteiger partial charge in [0.1, 0.15) is 4.90 Å². The van der Waals surface area contributed by atoms with Crippen molar-refractivity contribution in [2.45, 2.75) is 31.1 Å². The number of benzene rings is 1. The molecule has 1 saturated carbocycles. The van der Waals surface area contributed by atoms with Gasteiger partial charge in [-0.3, -0.25) is 10.1 Å². The maximum atomic E-state index is 12.3. The Kier molecular flexibility index (Phi) is 4.79. The molecule has 8 heteroatoms. The Hall–Kier alpha value is -1.67. The number of nitrogens with one attached hydrogen (secondary N) is 2. The highest BCUT2D eigenvalue weighted by molar-refractivity contribution is 7.89. The van der Waals surface area contributed by atoms with E-state index in [-0.39, 0.29) is 16.3 Å². The van der Waals surface area contributed by atoms with Crippen LogP contribution in [-0.2, 0) is 10.0 Å². The molecule has 1 aliphatic rings. The summed E-state index contributed by atoms with van der Waals surface area (Å²) in [6.07, 6.45) is 3.23. The number of nitro benzene ring substituents is 1. The number of hydrogen-bond donors (Lipinski definition) is 2. The van der Waals surface area contributed by atoms with Gasteiger partial charge < -0.3 is 5.32 Å². The van der Waals surface area contributed by atoms with E-state index in [4.69, 9.17) is 0 Å². The average Bonchev–Trinajstić information content (AvgIpc) is 2.36. The van der Waals surface area contributed by atoms with E-state index in [1.54, 1.807) is 6.92 Å². The minimum Gasteiger partial charge on any atom is -0.384 e. The first-order valence-electron chi connectivity index (χ1n) is 6.96. The Morgan fingerprint density at radius 2 is 2.10 bits per heavy atom. The van der Waals surface area contributed by atoms with Gasteiger partial charge in [0.05, 0.1) is 10.6 Å². The highest BCUT2D eigenvalue weighted by atomic mass is 32.2. The maximum Gasteiger partial charge on any atom is 0.271 e. The first-order valence-corrected chi connectivity index (χ1v) is 8.44. The maximum absolute atomic E-state index is 12.3. The second-order valence-electron chi connectivity index (χ2n) is 5.12. The summed E-state index contributed by atoms with van der Waals surface area (Å²) >= 11 is 0. The van der Waals surface area contributed by atoms with Crippen LogP contribution in [0.3, 0.4) is 0 Å². The normalized spacial score (nSPS) is 15.5. The quantitative estimate of drug-likeness (QED) is 0.593. The van der Waals surface area contributed by atoms with Crippen molar-refractivity contribution in [3.05, 3.63) is 28.3 Å².